The molecule has 9 nitrogen and oxygen atoms in total. The monoisotopic (exact) mass is 368 g/mol. The molecule has 0 aromatic heterocycles. The van der Waals surface area contributed by atoms with E-state index < -0.39 is 33.9 Å². The Morgan fingerprint density at radius 1 is 1.24 bits per heavy atom. The maximum absolute atomic E-state index is 12.0. The third-order valence-corrected chi connectivity index (χ3v) is 4.86. The van der Waals surface area contributed by atoms with Gasteiger partial charge in [0.15, 0.2) is 0 Å². The lowest BCUT2D eigenvalue weighted by atomic mass is 9.94. The fourth-order valence-corrected chi connectivity index (χ4v) is 3.02. The summed E-state index contributed by atoms with van der Waals surface area (Å²) in [5, 5.41) is 12.4. The Labute approximate surface area is 145 Å². The van der Waals surface area contributed by atoms with E-state index in [0.717, 1.165) is 5.56 Å². The first kappa shape index (κ1) is 18.9. The number of urea groups is 1. The Hall–Kier alpha value is -2.46. The van der Waals surface area contributed by atoms with Gasteiger partial charge in [0.05, 0.1) is 10.8 Å². The largest absolute Gasteiger partial charge is 0.356 e. The van der Waals surface area contributed by atoms with Gasteiger partial charge in [0, 0.05) is 19.0 Å². The Morgan fingerprint density at radius 2 is 1.88 bits per heavy atom. The van der Waals surface area contributed by atoms with Crippen LogP contribution in [0.2, 0.25) is 0 Å². The highest BCUT2D eigenvalue weighted by molar-refractivity contribution is 7.89. The van der Waals surface area contributed by atoms with Crippen LogP contribution in [0.3, 0.4) is 0 Å². The minimum Gasteiger partial charge on any atom is -0.356 e. The summed E-state index contributed by atoms with van der Waals surface area (Å²) >= 11 is 0. The number of amides is 4. The molecule has 1 heterocycles. The molecule has 1 aliphatic rings. The standard InChI is InChI=1S/C15H20N4O5S/c1-9-12(14(21)19-15(22)18-9)8-13(20)17-7-6-10-2-4-11(5-3-10)25(16,23)24/h2-5,9,12H,6-8H2,1H3,(H,17,20)(H2,16,23,24)(H2,18,19,21,22). The van der Waals surface area contributed by atoms with Crippen LogP contribution in [0.4, 0.5) is 4.79 Å². The summed E-state index contributed by atoms with van der Waals surface area (Å²) in [6.45, 7) is 2.00. The van der Waals surface area contributed by atoms with Crippen molar-refractivity contribution in [3.05, 3.63) is 29.8 Å². The molecule has 2 unspecified atom stereocenters. The lowest BCUT2D eigenvalue weighted by Crippen LogP contribution is -2.57. The molecule has 25 heavy (non-hydrogen) atoms. The number of nitrogens with one attached hydrogen (secondary N) is 3. The molecule has 0 radical (unpaired) electrons. The summed E-state index contributed by atoms with van der Waals surface area (Å²) in [6, 6.07) is 5.08. The van der Waals surface area contributed by atoms with Gasteiger partial charge in [0.1, 0.15) is 0 Å². The van der Waals surface area contributed by atoms with Gasteiger partial charge in [0.2, 0.25) is 21.8 Å². The molecule has 0 saturated carbocycles. The minimum atomic E-state index is -3.72. The van der Waals surface area contributed by atoms with Crippen molar-refractivity contribution >= 4 is 27.9 Å². The van der Waals surface area contributed by atoms with Crippen LogP contribution >= 0.6 is 0 Å². The highest BCUT2D eigenvalue weighted by atomic mass is 32.2. The first-order valence-corrected chi connectivity index (χ1v) is 9.21. The van der Waals surface area contributed by atoms with Crippen molar-refractivity contribution in [2.24, 2.45) is 11.1 Å². The first-order chi connectivity index (χ1) is 11.7. The number of primary sulfonamides is 1. The van der Waals surface area contributed by atoms with E-state index in [4.69, 9.17) is 5.14 Å². The summed E-state index contributed by atoms with van der Waals surface area (Å²) in [5.74, 6) is -1.39. The van der Waals surface area contributed by atoms with Crippen molar-refractivity contribution in [1.29, 1.82) is 0 Å². The van der Waals surface area contributed by atoms with Gasteiger partial charge in [-0.25, -0.2) is 18.4 Å². The quantitative estimate of drug-likeness (QED) is 0.520. The van der Waals surface area contributed by atoms with E-state index in [9.17, 15) is 22.8 Å². The fourth-order valence-electron chi connectivity index (χ4n) is 2.51. The number of hydrogen-bond donors (Lipinski definition) is 4. The van der Waals surface area contributed by atoms with Gasteiger partial charge in [-0.2, -0.15) is 0 Å². The number of rotatable bonds is 6. The van der Waals surface area contributed by atoms with Crippen molar-refractivity contribution in [3.8, 4) is 0 Å². The Balaban J connectivity index is 1.80. The maximum Gasteiger partial charge on any atom is 0.321 e. The zero-order valence-corrected chi connectivity index (χ0v) is 14.4. The molecule has 1 aromatic carbocycles. The molecule has 2 atom stereocenters. The van der Waals surface area contributed by atoms with Crippen molar-refractivity contribution < 1.29 is 22.8 Å². The van der Waals surface area contributed by atoms with Crippen LogP contribution in [0.15, 0.2) is 29.2 Å². The second-order valence-electron chi connectivity index (χ2n) is 5.85. The zero-order chi connectivity index (χ0) is 18.6. The van der Waals surface area contributed by atoms with Gasteiger partial charge >= 0.3 is 6.03 Å². The number of nitrogens with two attached hydrogens (primary N) is 1. The number of benzene rings is 1. The topological polar surface area (TPSA) is 147 Å². The number of imide groups is 1. The lowest BCUT2D eigenvalue weighted by Gasteiger charge is -2.28. The maximum atomic E-state index is 12.0. The molecule has 1 aliphatic heterocycles. The molecule has 0 aliphatic carbocycles. The van der Waals surface area contributed by atoms with Gasteiger partial charge < -0.3 is 10.6 Å². The van der Waals surface area contributed by atoms with Crippen molar-refractivity contribution in [2.45, 2.75) is 30.7 Å². The highest BCUT2D eigenvalue weighted by Gasteiger charge is 2.33. The third-order valence-electron chi connectivity index (χ3n) is 3.93. The highest BCUT2D eigenvalue weighted by Crippen LogP contribution is 2.13. The second-order valence-corrected chi connectivity index (χ2v) is 7.41. The van der Waals surface area contributed by atoms with Gasteiger partial charge in [0.25, 0.3) is 0 Å². The van der Waals surface area contributed by atoms with E-state index in [-0.39, 0.29) is 17.2 Å². The van der Waals surface area contributed by atoms with E-state index in [1.54, 1.807) is 19.1 Å². The summed E-state index contributed by atoms with van der Waals surface area (Å²) < 4.78 is 22.3. The average molecular weight is 368 g/mol. The van der Waals surface area contributed by atoms with E-state index >= 15 is 0 Å². The molecule has 136 valence electrons. The molecule has 2 rings (SSSR count). The number of carbonyl (C=O) groups is 3. The van der Waals surface area contributed by atoms with Gasteiger partial charge in [-0.15, -0.1) is 0 Å². The number of carbonyl (C=O) groups excluding carboxylic acids is 3. The van der Waals surface area contributed by atoms with Crippen LogP contribution in [-0.2, 0) is 26.0 Å². The first-order valence-electron chi connectivity index (χ1n) is 7.66. The summed E-state index contributed by atoms with van der Waals surface area (Å²) in [5.41, 5.74) is 0.837. The predicted molar refractivity (Wildman–Crippen MR) is 88.8 cm³/mol. The van der Waals surface area contributed by atoms with Crippen LogP contribution in [0.1, 0.15) is 18.9 Å². The number of sulfonamides is 1. The molecule has 5 N–H and O–H groups in total. The van der Waals surface area contributed by atoms with E-state index in [2.05, 4.69) is 16.0 Å². The second kappa shape index (κ2) is 7.62. The average Bonchev–Trinajstić information content (AvgIpc) is 2.50. The summed E-state index contributed by atoms with van der Waals surface area (Å²) in [4.78, 5) is 34.9. The van der Waals surface area contributed by atoms with Crippen molar-refractivity contribution in [2.75, 3.05) is 6.54 Å². The third kappa shape index (κ3) is 5.26. The van der Waals surface area contributed by atoms with E-state index in [1.807, 2.05) is 0 Å². The molecule has 4 amide bonds. The number of hydrogen-bond acceptors (Lipinski definition) is 5. The SMILES string of the molecule is CC1NC(=O)NC(=O)C1CC(=O)NCCc1ccc(S(N)(=O)=O)cc1. The van der Waals surface area contributed by atoms with Gasteiger partial charge in [-0.3, -0.25) is 14.9 Å². The Kier molecular flexibility index (Phi) is 5.75. The molecular weight excluding hydrogens is 348 g/mol. The molecule has 0 bridgehead atoms. The van der Waals surface area contributed by atoms with Gasteiger partial charge in [-0.05, 0) is 31.0 Å². The van der Waals surface area contributed by atoms with Gasteiger partial charge in [-0.1, -0.05) is 12.1 Å². The van der Waals surface area contributed by atoms with Crippen LogP contribution < -0.4 is 21.1 Å². The fraction of sp³-hybridized carbons (Fsp3) is 0.400. The minimum absolute atomic E-state index is 0.0274. The van der Waals surface area contributed by atoms with Crippen LogP contribution in [0.25, 0.3) is 0 Å². The predicted octanol–water partition coefficient (Wildman–Crippen LogP) is -0.773. The van der Waals surface area contributed by atoms with E-state index in [0.29, 0.717) is 13.0 Å². The van der Waals surface area contributed by atoms with Crippen LogP contribution in [0, 0.1) is 5.92 Å². The molecule has 1 saturated heterocycles. The summed E-state index contributed by atoms with van der Waals surface area (Å²) in [7, 11) is -3.72. The Morgan fingerprint density at radius 3 is 2.44 bits per heavy atom. The smallest absolute Gasteiger partial charge is 0.321 e. The summed E-state index contributed by atoms with van der Waals surface area (Å²) in [6.07, 6.45) is 0.470. The molecular formula is C15H20N4O5S. The van der Waals surface area contributed by atoms with Crippen molar-refractivity contribution in [1.82, 2.24) is 16.0 Å². The molecule has 10 heteroatoms. The Bertz CT molecular complexity index is 776. The molecule has 1 fully saturated rings. The molecule has 0 spiro atoms. The molecule has 1 aromatic rings. The van der Waals surface area contributed by atoms with Crippen LogP contribution in [0.5, 0.6) is 0 Å². The van der Waals surface area contributed by atoms with Crippen LogP contribution in [-0.4, -0.2) is 38.8 Å². The normalized spacial score (nSPS) is 20.6. The lowest BCUT2D eigenvalue weighted by molar-refractivity contribution is -0.131. The van der Waals surface area contributed by atoms with E-state index in [1.165, 1.54) is 12.1 Å². The van der Waals surface area contributed by atoms with Crippen molar-refractivity contribution in [3.63, 3.8) is 0 Å². The zero-order valence-electron chi connectivity index (χ0n) is 13.6.